The summed E-state index contributed by atoms with van der Waals surface area (Å²) in [7, 11) is 0. The summed E-state index contributed by atoms with van der Waals surface area (Å²) in [5.74, 6) is 0.412. The van der Waals surface area contributed by atoms with Crippen LogP contribution in [-0.4, -0.2) is 0 Å². The maximum atomic E-state index is 2.51. The highest BCUT2D eigenvalue weighted by Crippen LogP contribution is 2.49. The van der Waals surface area contributed by atoms with Gasteiger partial charge in [0.1, 0.15) is 0 Å². The summed E-state index contributed by atoms with van der Waals surface area (Å²) in [4.78, 5) is 0. The second-order valence-corrected chi connectivity index (χ2v) is 10.7. The number of benzene rings is 3. The van der Waals surface area contributed by atoms with Gasteiger partial charge in [0, 0.05) is 11.3 Å². The van der Waals surface area contributed by atoms with Gasteiger partial charge in [-0.25, -0.2) is 0 Å². The highest BCUT2D eigenvalue weighted by Gasteiger charge is 2.38. The molecule has 2 atom stereocenters. The van der Waals surface area contributed by atoms with Crippen molar-refractivity contribution in [2.45, 2.75) is 32.6 Å². The fourth-order valence-electron chi connectivity index (χ4n) is 5.92. The number of rotatable bonds is 6. The molecule has 3 aromatic rings. The van der Waals surface area contributed by atoms with Crippen LogP contribution >= 0.6 is 0 Å². The Hall–Kier alpha value is -3.90. The van der Waals surface area contributed by atoms with E-state index in [0.717, 1.165) is 25.7 Å². The number of hydrogen-bond donors (Lipinski definition) is 0. The highest BCUT2D eigenvalue weighted by atomic mass is 14.4. The van der Waals surface area contributed by atoms with Crippen molar-refractivity contribution in [1.82, 2.24) is 0 Å². The van der Waals surface area contributed by atoms with Crippen molar-refractivity contribution in [2.75, 3.05) is 0 Å². The van der Waals surface area contributed by atoms with E-state index in [0.29, 0.717) is 5.92 Å². The third kappa shape index (κ3) is 4.89. The molecule has 0 saturated carbocycles. The molecule has 3 aliphatic carbocycles. The molecule has 0 amide bonds. The smallest absolute Gasteiger partial charge is 0.0210 e. The fraction of sp³-hybridized carbons (Fsp3) is 0.189. The molecule has 37 heavy (non-hydrogen) atoms. The predicted octanol–water partition coefficient (Wildman–Crippen LogP) is 9.18. The van der Waals surface area contributed by atoms with E-state index in [1.165, 1.54) is 44.5 Å². The maximum absolute atomic E-state index is 2.51. The third-order valence-corrected chi connectivity index (χ3v) is 8.18. The standard InChI is InChI=1S/C37H34/c1-37-25-9-8-12-34(37)27-33(35-13-6-3-7-14-36(35)37)26-30-19-17-28(18-20-30)15-16-29-21-23-32(24-22-29)31-10-4-2-5-11-31/h2,4-14,17-25,27,34H,3,15-16,26H2,1H3. The first-order chi connectivity index (χ1) is 18.2. The summed E-state index contributed by atoms with van der Waals surface area (Å²) >= 11 is 0. The SMILES string of the molecule is CC12C=CC=CC1C=C(Cc1ccc(CCc3ccc(-c4ccccc4)cc3)cc1)C1=C2C=CCC=C1. The lowest BCUT2D eigenvalue weighted by Gasteiger charge is -2.40. The first-order valence-electron chi connectivity index (χ1n) is 13.6. The van der Waals surface area contributed by atoms with E-state index in [1.54, 1.807) is 0 Å². The Balaban J connectivity index is 1.14. The lowest BCUT2D eigenvalue weighted by Crippen LogP contribution is -2.30. The van der Waals surface area contributed by atoms with Gasteiger partial charge in [0.05, 0.1) is 0 Å². The van der Waals surface area contributed by atoms with Gasteiger partial charge in [0.25, 0.3) is 0 Å². The average Bonchev–Trinajstić information content (AvgIpc) is 3.21. The Bertz CT molecular complexity index is 1440. The van der Waals surface area contributed by atoms with Crippen molar-refractivity contribution in [3.05, 3.63) is 167 Å². The first kappa shape index (κ1) is 23.5. The van der Waals surface area contributed by atoms with Gasteiger partial charge in [0.2, 0.25) is 0 Å². The van der Waals surface area contributed by atoms with Gasteiger partial charge < -0.3 is 0 Å². The van der Waals surface area contributed by atoms with Crippen molar-refractivity contribution in [1.29, 1.82) is 0 Å². The minimum absolute atomic E-state index is 0.0436. The Kier molecular flexibility index (Phi) is 6.49. The minimum Gasteiger partial charge on any atom is -0.0804 e. The van der Waals surface area contributed by atoms with Crippen LogP contribution in [0.25, 0.3) is 11.1 Å². The Morgan fingerprint density at radius 2 is 1.35 bits per heavy atom. The predicted molar refractivity (Wildman–Crippen MR) is 157 cm³/mol. The van der Waals surface area contributed by atoms with E-state index in [9.17, 15) is 0 Å². The molecule has 0 aromatic heterocycles. The monoisotopic (exact) mass is 478 g/mol. The molecule has 0 radical (unpaired) electrons. The Labute approximate surface area is 221 Å². The lowest BCUT2D eigenvalue weighted by molar-refractivity contribution is 0.425. The summed E-state index contributed by atoms with van der Waals surface area (Å²) in [5, 5.41) is 0. The van der Waals surface area contributed by atoms with Crippen molar-refractivity contribution >= 4 is 0 Å². The lowest BCUT2D eigenvalue weighted by atomic mass is 9.63. The second-order valence-electron chi connectivity index (χ2n) is 10.7. The van der Waals surface area contributed by atoms with Crippen molar-refractivity contribution in [2.24, 2.45) is 11.3 Å². The van der Waals surface area contributed by atoms with Crippen LogP contribution in [0.2, 0.25) is 0 Å². The fourth-order valence-corrected chi connectivity index (χ4v) is 5.92. The van der Waals surface area contributed by atoms with Crippen molar-refractivity contribution in [3.63, 3.8) is 0 Å². The second kappa shape index (κ2) is 10.2. The summed E-state index contributed by atoms with van der Waals surface area (Å²) in [5.41, 5.74) is 11.1. The normalized spacial score (nSPS) is 21.9. The van der Waals surface area contributed by atoms with Gasteiger partial charge in [-0.05, 0) is 70.2 Å². The van der Waals surface area contributed by atoms with Gasteiger partial charge in [-0.3, -0.25) is 0 Å². The molecule has 2 unspecified atom stereocenters. The van der Waals surface area contributed by atoms with Crippen LogP contribution < -0.4 is 0 Å². The number of allylic oxidation sites excluding steroid dienone is 12. The molecule has 0 saturated heterocycles. The van der Waals surface area contributed by atoms with Crippen molar-refractivity contribution < 1.29 is 0 Å². The van der Waals surface area contributed by atoms with Gasteiger partial charge in [-0.15, -0.1) is 0 Å². The summed E-state index contributed by atoms with van der Waals surface area (Å²) < 4.78 is 0. The van der Waals surface area contributed by atoms with E-state index in [4.69, 9.17) is 0 Å². The van der Waals surface area contributed by atoms with Crippen LogP contribution in [-0.2, 0) is 19.3 Å². The molecule has 182 valence electrons. The molecule has 0 heteroatoms. The molecule has 3 aliphatic rings. The molecule has 0 bridgehead atoms. The quantitative estimate of drug-likeness (QED) is 0.331. The molecular weight excluding hydrogens is 444 g/mol. The molecule has 0 fully saturated rings. The largest absolute Gasteiger partial charge is 0.0804 e. The molecule has 0 heterocycles. The van der Waals surface area contributed by atoms with Gasteiger partial charge in [-0.2, -0.15) is 0 Å². The van der Waals surface area contributed by atoms with Crippen LogP contribution in [0.3, 0.4) is 0 Å². The van der Waals surface area contributed by atoms with Crippen molar-refractivity contribution in [3.8, 4) is 11.1 Å². The molecule has 3 aromatic carbocycles. The highest BCUT2D eigenvalue weighted by molar-refractivity contribution is 5.63. The molecule has 6 rings (SSSR count). The minimum atomic E-state index is 0.0436. The Morgan fingerprint density at radius 1 is 0.703 bits per heavy atom. The zero-order valence-electron chi connectivity index (χ0n) is 21.6. The zero-order valence-corrected chi connectivity index (χ0v) is 21.6. The molecule has 0 N–H and O–H groups in total. The molecular formula is C37H34. The first-order valence-corrected chi connectivity index (χ1v) is 13.6. The van der Waals surface area contributed by atoms with E-state index in [2.05, 4.69) is 140 Å². The van der Waals surface area contributed by atoms with Gasteiger partial charge in [-0.1, -0.05) is 140 Å². The van der Waals surface area contributed by atoms with Crippen LogP contribution in [0.15, 0.2) is 150 Å². The van der Waals surface area contributed by atoms with Crippen LogP contribution in [0, 0.1) is 11.3 Å². The van der Waals surface area contributed by atoms with Gasteiger partial charge >= 0.3 is 0 Å². The zero-order chi connectivity index (χ0) is 25.1. The van der Waals surface area contributed by atoms with Crippen LogP contribution in [0.4, 0.5) is 0 Å². The molecule has 0 aliphatic heterocycles. The molecule has 0 nitrogen and oxygen atoms in total. The van der Waals surface area contributed by atoms with E-state index >= 15 is 0 Å². The van der Waals surface area contributed by atoms with E-state index < -0.39 is 0 Å². The number of fused-ring (bicyclic) bond motifs is 2. The third-order valence-electron chi connectivity index (χ3n) is 8.18. The summed E-state index contributed by atoms with van der Waals surface area (Å²) in [6, 6.07) is 28.9. The van der Waals surface area contributed by atoms with Crippen LogP contribution in [0.5, 0.6) is 0 Å². The van der Waals surface area contributed by atoms with E-state index in [1.807, 2.05) is 0 Å². The summed E-state index contributed by atoms with van der Waals surface area (Å²) in [6.07, 6.45) is 25.1. The molecule has 0 spiro atoms. The number of hydrogen-bond acceptors (Lipinski definition) is 0. The maximum Gasteiger partial charge on any atom is 0.0210 e. The average molecular weight is 479 g/mol. The van der Waals surface area contributed by atoms with Gasteiger partial charge in [0.15, 0.2) is 0 Å². The van der Waals surface area contributed by atoms with E-state index in [-0.39, 0.29) is 5.41 Å². The Morgan fingerprint density at radius 3 is 2.11 bits per heavy atom. The van der Waals surface area contributed by atoms with Crippen LogP contribution in [0.1, 0.15) is 30.0 Å². The topological polar surface area (TPSA) is 0 Å². The summed E-state index contributed by atoms with van der Waals surface area (Å²) in [6.45, 7) is 2.38. The number of aryl methyl sites for hydroxylation is 2.